The van der Waals surface area contributed by atoms with Gasteiger partial charge in [0.1, 0.15) is 5.56 Å². The van der Waals surface area contributed by atoms with E-state index in [0.29, 0.717) is 16.3 Å². The Kier molecular flexibility index (Phi) is 4.05. The number of aliphatic imine (C=N–C) groups is 1. The summed E-state index contributed by atoms with van der Waals surface area (Å²) in [5, 5.41) is 11.2. The van der Waals surface area contributed by atoms with Gasteiger partial charge in [0, 0.05) is 21.9 Å². The summed E-state index contributed by atoms with van der Waals surface area (Å²) in [6.07, 6.45) is 1.55. The van der Waals surface area contributed by atoms with Crippen molar-refractivity contribution >= 4 is 34.6 Å². The van der Waals surface area contributed by atoms with Gasteiger partial charge in [-0.05, 0) is 43.3 Å². The lowest BCUT2D eigenvalue weighted by molar-refractivity contribution is 0.429. The topological polar surface area (TPSA) is 87.4 Å². The molecule has 1 aliphatic heterocycles. The average Bonchev–Trinajstić information content (AvgIpc) is 2.95. The number of fused-ring (bicyclic) bond motifs is 1. The number of para-hydroxylation sites is 1. The normalized spacial score (nSPS) is 14.3. The van der Waals surface area contributed by atoms with Gasteiger partial charge in [-0.3, -0.25) is 14.8 Å². The van der Waals surface area contributed by atoms with Crippen LogP contribution in [-0.4, -0.2) is 20.4 Å². The second kappa shape index (κ2) is 6.41. The Morgan fingerprint density at radius 2 is 1.81 bits per heavy atom. The molecule has 0 radical (unpaired) electrons. The second-order valence-electron chi connectivity index (χ2n) is 6.08. The summed E-state index contributed by atoms with van der Waals surface area (Å²) in [7, 11) is 0. The predicted octanol–water partition coefficient (Wildman–Crippen LogP) is 3.53. The van der Waals surface area contributed by atoms with Crippen LogP contribution in [0.15, 0.2) is 63.1 Å². The zero-order chi connectivity index (χ0) is 19.1. The molecule has 0 bridgehead atoms. The Balaban J connectivity index is 1.94. The van der Waals surface area contributed by atoms with Crippen LogP contribution in [0.5, 0.6) is 5.88 Å². The molecule has 0 aliphatic carbocycles. The Morgan fingerprint density at radius 1 is 1.11 bits per heavy atom. The van der Waals surface area contributed by atoms with E-state index in [0.717, 1.165) is 21.5 Å². The molecule has 7 heteroatoms. The Bertz CT molecular complexity index is 1230. The fourth-order valence-electron chi connectivity index (χ4n) is 3.06. The van der Waals surface area contributed by atoms with Gasteiger partial charge in [-0.15, -0.1) is 0 Å². The minimum absolute atomic E-state index is 0.0224. The molecule has 0 unspecified atom stereocenters. The zero-order valence-corrected chi connectivity index (χ0v) is 15.0. The van der Waals surface area contributed by atoms with Crippen LogP contribution in [0.4, 0.5) is 5.69 Å². The van der Waals surface area contributed by atoms with Crippen molar-refractivity contribution in [3.63, 3.8) is 0 Å². The van der Waals surface area contributed by atoms with Gasteiger partial charge < -0.3 is 5.11 Å². The minimum atomic E-state index is -0.737. The largest absolute Gasteiger partial charge is 0.494 e. The lowest BCUT2D eigenvalue weighted by atomic mass is 10.0. The smallest absolute Gasteiger partial charge is 0.335 e. The average molecular weight is 380 g/mol. The van der Waals surface area contributed by atoms with Crippen LogP contribution in [0, 0.1) is 0 Å². The number of aromatic nitrogens is 2. The van der Waals surface area contributed by atoms with Crippen molar-refractivity contribution in [1.29, 1.82) is 0 Å². The van der Waals surface area contributed by atoms with Crippen LogP contribution in [0.1, 0.15) is 18.1 Å². The highest BCUT2D eigenvalue weighted by molar-refractivity contribution is 6.31. The third-order valence-electron chi connectivity index (χ3n) is 4.37. The van der Waals surface area contributed by atoms with Crippen LogP contribution < -0.4 is 11.2 Å². The molecule has 0 saturated heterocycles. The summed E-state index contributed by atoms with van der Waals surface area (Å²) >= 11 is 5.88. The van der Waals surface area contributed by atoms with E-state index in [4.69, 9.17) is 11.6 Å². The molecule has 2 N–H and O–H groups in total. The molecule has 4 rings (SSSR count). The van der Waals surface area contributed by atoms with E-state index in [9.17, 15) is 14.7 Å². The van der Waals surface area contributed by atoms with Crippen molar-refractivity contribution in [2.45, 2.75) is 6.92 Å². The highest BCUT2D eigenvalue weighted by Gasteiger charge is 2.20. The third kappa shape index (κ3) is 2.90. The van der Waals surface area contributed by atoms with Crippen molar-refractivity contribution in [3.05, 3.63) is 85.5 Å². The number of allylic oxidation sites excluding steroid dienone is 1. The summed E-state index contributed by atoms with van der Waals surface area (Å²) in [4.78, 5) is 31.4. The highest BCUT2D eigenvalue weighted by Crippen LogP contribution is 2.36. The van der Waals surface area contributed by atoms with Gasteiger partial charge in [0.15, 0.2) is 0 Å². The maximum Gasteiger partial charge on any atom is 0.335 e. The predicted molar refractivity (Wildman–Crippen MR) is 106 cm³/mol. The van der Waals surface area contributed by atoms with E-state index in [1.807, 2.05) is 31.2 Å². The van der Waals surface area contributed by atoms with E-state index < -0.39 is 17.1 Å². The van der Waals surface area contributed by atoms with Crippen LogP contribution in [0.2, 0.25) is 5.02 Å². The van der Waals surface area contributed by atoms with Crippen LogP contribution in [0.3, 0.4) is 0 Å². The quantitative estimate of drug-likeness (QED) is 0.714. The maximum atomic E-state index is 12.4. The summed E-state index contributed by atoms with van der Waals surface area (Å²) in [5.41, 5.74) is 2.04. The van der Waals surface area contributed by atoms with Gasteiger partial charge in [-0.25, -0.2) is 9.36 Å². The van der Waals surface area contributed by atoms with Gasteiger partial charge in [0.25, 0.3) is 5.56 Å². The van der Waals surface area contributed by atoms with Crippen LogP contribution in [0.25, 0.3) is 17.3 Å². The molecule has 1 aromatic heterocycles. The molecule has 134 valence electrons. The number of halogens is 1. The molecule has 0 amide bonds. The van der Waals surface area contributed by atoms with Gasteiger partial charge in [0.2, 0.25) is 5.88 Å². The number of aromatic amines is 1. The fourth-order valence-corrected chi connectivity index (χ4v) is 3.19. The van der Waals surface area contributed by atoms with Crippen molar-refractivity contribution in [1.82, 2.24) is 9.55 Å². The summed E-state index contributed by atoms with van der Waals surface area (Å²) < 4.78 is 1.03. The first-order chi connectivity index (χ1) is 13.0. The second-order valence-corrected chi connectivity index (χ2v) is 6.52. The number of aromatic hydroxyl groups is 1. The van der Waals surface area contributed by atoms with Crippen molar-refractivity contribution in [3.8, 4) is 11.6 Å². The number of nitrogens with one attached hydrogen (secondary N) is 1. The van der Waals surface area contributed by atoms with Crippen LogP contribution in [-0.2, 0) is 0 Å². The molecule has 6 nitrogen and oxygen atoms in total. The molecule has 0 saturated carbocycles. The molecular formula is C20H14ClN3O3. The summed E-state index contributed by atoms with van der Waals surface area (Å²) in [6.45, 7) is 1.83. The molecule has 0 fully saturated rings. The molecule has 0 atom stereocenters. The van der Waals surface area contributed by atoms with Gasteiger partial charge >= 0.3 is 5.69 Å². The first-order valence-electron chi connectivity index (χ1n) is 8.16. The molecule has 0 spiro atoms. The van der Waals surface area contributed by atoms with E-state index in [1.165, 1.54) is 0 Å². The Morgan fingerprint density at radius 3 is 2.56 bits per heavy atom. The third-order valence-corrected chi connectivity index (χ3v) is 4.62. The van der Waals surface area contributed by atoms with Gasteiger partial charge in [-0.1, -0.05) is 29.8 Å². The zero-order valence-electron chi connectivity index (χ0n) is 14.2. The number of nitrogens with zero attached hydrogens (tertiary/aromatic N) is 2. The molecular weight excluding hydrogens is 366 g/mol. The number of benzene rings is 2. The van der Waals surface area contributed by atoms with Crippen molar-refractivity contribution in [2.75, 3.05) is 0 Å². The maximum absolute atomic E-state index is 12.4. The lowest BCUT2D eigenvalue weighted by Crippen LogP contribution is -2.30. The van der Waals surface area contributed by atoms with Crippen LogP contribution >= 0.6 is 11.6 Å². The summed E-state index contributed by atoms with van der Waals surface area (Å²) in [5.74, 6) is -0.448. The number of hydrogen-bond acceptors (Lipinski definition) is 4. The van der Waals surface area contributed by atoms with Gasteiger partial charge in [-0.2, -0.15) is 0 Å². The molecule has 2 heterocycles. The van der Waals surface area contributed by atoms with Crippen molar-refractivity contribution < 1.29 is 5.11 Å². The van der Waals surface area contributed by atoms with E-state index >= 15 is 0 Å². The fraction of sp³-hybridized carbons (Fsp3) is 0.0500. The number of rotatable bonds is 2. The number of hydrogen-bond donors (Lipinski definition) is 2. The SMILES string of the molecule is CC1=Nc2ccccc2/C1=C\c1c(O)n(-c2ccc(Cl)cc2)c(=O)[nH]c1=O. The number of H-pyrrole nitrogens is 1. The van der Waals surface area contributed by atoms with Crippen molar-refractivity contribution in [2.24, 2.45) is 4.99 Å². The molecule has 1 aliphatic rings. The van der Waals surface area contributed by atoms with E-state index in [1.54, 1.807) is 30.3 Å². The highest BCUT2D eigenvalue weighted by atomic mass is 35.5. The molecule has 2 aromatic carbocycles. The lowest BCUT2D eigenvalue weighted by Gasteiger charge is -2.10. The minimum Gasteiger partial charge on any atom is -0.494 e. The summed E-state index contributed by atoms with van der Waals surface area (Å²) in [6, 6.07) is 13.9. The molecule has 3 aromatic rings. The monoisotopic (exact) mass is 379 g/mol. The Labute approximate surface area is 158 Å². The van der Waals surface area contributed by atoms with Gasteiger partial charge in [0.05, 0.1) is 11.4 Å². The first-order valence-corrected chi connectivity index (χ1v) is 8.54. The van der Waals surface area contributed by atoms with E-state index in [2.05, 4.69) is 9.98 Å². The Hall–Kier alpha value is -3.38. The van der Waals surface area contributed by atoms with E-state index in [-0.39, 0.29) is 5.56 Å². The first kappa shape index (κ1) is 17.1. The molecule has 27 heavy (non-hydrogen) atoms. The standard InChI is InChI=1S/C20H14ClN3O3/c1-11-15(14-4-2-3-5-17(14)22-11)10-16-18(25)23-20(27)24(19(16)26)13-8-6-12(21)7-9-13/h2-10,26H,1H3,(H,23,25,27)/b15-10-.